The predicted molar refractivity (Wildman–Crippen MR) is 70.2 cm³/mol. The number of hydrogen-bond donors (Lipinski definition) is 1. The van der Waals surface area contributed by atoms with Crippen LogP contribution in [0.15, 0.2) is 24.3 Å². The molecule has 1 aromatic heterocycles. The number of ether oxygens (including phenoxy) is 1. The molecule has 0 aliphatic rings. The van der Waals surface area contributed by atoms with E-state index in [4.69, 9.17) is 10.5 Å². The van der Waals surface area contributed by atoms with Gasteiger partial charge in [-0.05, 0) is 19.1 Å². The lowest BCUT2D eigenvalue weighted by Crippen LogP contribution is -2.04. The molecule has 1 aromatic carbocycles. The van der Waals surface area contributed by atoms with Gasteiger partial charge in [0.2, 0.25) is 5.95 Å². The minimum absolute atomic E-state index is 0.249. The molecular formula is C13H16N4O. The van der Waals surface area contributed by atoms with E-state index in [-0.39, 0.29) is 5.95 Å². The number of aryl methyl sites for hydroxylation is 1. The summed E-state index contributed by atoms with van der Waals surface area (Å²) in [6.07, 6.45) is 0.727. The Labute approximate surface area is 106 Å². The molecule has 0 fully saturated rings. The number of aromatic nitrogens is 3. The minimum atomic E-state index is 0.249. The number of benzene rings is 1. The van der Waals surface area contributed by atoms with Crippen molar-refractivity contribution in [3.8, 4) is 17.1 Å². The van der Waals surface area contributed by atoms with Crippen LogP contribution in [-0.4, -0.2) is 21.6 Å². The second-order valence-corrected chi connectivity index (χ2v) is 3.75. The van der Waals surface area contributed by atoms with Crippen molar-refractivity contribution < 1.29 is 4.74 Å². The molecule has 18 heavy (non-hydrogen) atoms. The number of anilines is 1. The van der Waals surface area contributed by atoms with E-state index >= 15 is 0 Å². The topological polar surface area (TPSA) is 73.9 Å². The van der Waals surface area contributed by atoms with Gasteiger partial charge in [0.1, 0.15) is 11.6 Å². The molecule has 0 unspecified atom stereocenters. The molecule has 0 amide bonds. The van der Waals surface area contributed by atoms with Crippen LogP contribution in [0.5, 0.6) is 5.75 Å². The van der Waals surface area contributed by atoms with Crippen LogP contribution in [0.1, 0.15) is 19.7 Å². The number of nitrogen functional groups attached to an aromatic ring is 1. The van der Waals surface area contributed by atoms with Crippen LogP contribution in [0.3, 0.4) is 0 Å². The van der Waals surface area contributed by atoms with Gasteiger partial charge in [-0.15, -0.1) is 0 Å². The van der Waals surface area contributed by atoms with Gasteiger partial charge in [-0.2, -0.15) is 9.97 Å². The normalized spacial score (nSPS) is 10.3. The maximum absolute atomic E-state index is 5.68. The maximum atomic E-state index is 5.68. The van der Waals surface area contributed by atoms with Crippen molar-refractivity contribution in [2.75, 3.05) is 12.3 Å². The first-order valence-corrected chi connectivity index (χ1v) is 5.96. The Balaban J connectivity index is 2.41. The third-order valence-electron chi connectivity index (χ3n) is 2.42. The zero-order valence-corrected chi connectivity index (χ0v) is 10.6. The molecule has 0 radical (unpaired) electrons. The highest BCUT2D eigenvalue weighted by Gasteiger charge is 2.06. The summed E-state index contributed by atoms with van der Waals surface area (Å²) in [5.41, 5.74) is 6.55. The molecule has 1 heterocycles. The average molecular weight is 244 g/mol. The third-order valence-corrected chi connectivity index (χ3v) is 2.42. The van der Waals surface area contributed by atoms with Gasteiger partial charge in [0, 0.05) is 12.0 Å². The van der Waals surface area contributed by atoms with E-state index in [2.05, 4.69) is 15.0 Å². The molecule has 0 saturated carbocycles. The van der Waals surface area contributed by atoms with Crippen LogP contribution >= 0.6 is 0 Å². The molecule has 5 nitrogen and oxygen atoms in total. The van der Waals surface area contributed by atoms with Crippen LogP contribution in [0.25, 0.3) is 11.4 Å². The summed E-state index contributed by atoms with van der Waals surface area (Å²) in [7, 11) is 0. The predicted octanol–water partition coefficient (Wildman–Crippen LogP) is 2.08. The number of nitrogens with two attached hydrogens (primary N) is 1. The van der Waals surface area contributed by atoms with E-state index in [0.29, 0.717) is 18.3 Å². The van der Waals surface area contributed by atoms with Crippen molar-refractivity contribution in [2.45, 2.75) is 20.3 Å². The van der Waals surface area contributed by atoms with Crippen LogP contribution in [-0.2, 0) is 6.42 Å². The number of rotatable bonds is 4. The van der Waals surface area contributed by atoms with Crippen molar-refractivity contribution in [1.82, 2.24) is 15.0 Å². The van der Waals surface area contributed by atoms with Crippen molar-refractivity contribution in [2.24, 2.45) is 0 Å². The van der Waals surface area contributed by atoms with Gasteiger partial charge in [0.05, 0.1) is 6.61 Å². The summed E-state index contributed by atoms with van der Waals surface area (Å²) in [4.78, 5) is 12.6. The smallest absolute Gasteiger partial charge is 0.223 e. The van der Waals surface area contributed by atoms with Gasteiger partial charge in [0.15, 0.2) is 5.82 Å². The first-order valence-electron chi connectivity index (χ1n) is 5.96. The summed E-state index contributed by atoms with van der Waals surface area (Å²) in [5, 5.41) is 0. The molecule has 0 aliphatic carbocycles. The van der Waals surface area contributed by atoms with E-state index in [1.807, 2.05) is 38.1 Å². The SMILES string of the molecule is CCOc1cccc(-c2nc(N)nc(CC)n2)c1. The number of nitrogens with zero attached hydrogens (tertiary/aromatic N) is 3. The highest BCUT2D eigenvalue weighted by Crippen LogP contribution is 2.21. The second kappa shape index (κ2) is 5.44. The van der Waals surface area contributed by atoms with E-state index in [1.165, 1.54) is 0 Å². The van der Waals surface area contributed by atoms with Gasteiger partial charge < -0.3 is 10.5 Å². The Morgan fingerprint density at radius 3 is 2.72 bits per heavy atom. The van der Waals surface area contributed by atoms with Gasteiger partial charge in [-0.3, -0.25) is 0 Å². The van der Waals surface area contributed by atoms with E-state index in [0.717, 1.165) is 17.7 Å². The Bertz CT molecular complexity index is 542. The quantitative estimate of drug-likeness (QED) is 0.891. The first kappa shape index (κ1) is 12.3. The summed E-state index contributed by atoms with van der Waals surface area (Å²) in [6.45, 7) is 4.56. The average Bonchev–Trinajstić information content (AvgIpc) is 2.39. The molecule has 0 atom stereocenters. The lowest BCUT2D eigenvalue weighted by atomic mass is 10.2. The van der Waals surface area contributed by atoms with Crippen molar-refractivity contribution in [1.29, 1.82) is 0 Å². The molecule has 2 rings (SSSR count). The third kappa shape index (κ3) is 2.74. The monoisotopic (exact) mass is 244 g/mol. The summed E-state index contributed by atoms with van der Waals surface area (Å²) in [5.74, 6) is 2.32. The Hall–Kier alpha value is -2.17. The molecule has 2 aromatic rings. The van der Waals surface area contributed by atoms with Crippen molar-refractivity contribution >= 4 is 5.95 Å². The fourth-order valence-corrected chi connectivity index (χ4v) is 1.62. The van der Waals surface area contributed by atoms with Gasteiger partial charge in [-0.25, -0.2) is 4.98 Å². The molecular weight excluding hydrogens is 228 g/mol. The van der Waals surface area contributed by atoms with Crippen LogP contribution in [0.4, 0.5) is 5.95 Å². The standard InChI is InChI=1S/C13H16N4O/c1-3-11-15-12(17-13(14)16-11)9-6-5-7-10(8-9)18-4-2/h5-8H,3-4H2,1-2H3,(H2,14,15,16,17). The Morgan fingerprint density at radius 2 is 2.00 bits per heavy atom. The highest BCUT2D eigenvalue weighted by atomic mass is 16.5. The van der Waals surface area contributed by atoms with Crippen molar-refractivity contribution in [3.63, 3.8) is 0 Å². The molecule has 2 N–H and O–H groups in total. The van der Waals surface area contributed by atoms with E-state index in [9.17, 15) is 0 Å². The molecule has 5 heteroatoms. The van der Waals surface area contributed by atoms with Crippen LogP contribution in [0.2, 0.25) is 0 Å². The van der Waals surface area contributed by atoms with E-state index < -0.39 is 0 Å². The molecule has 0 aliphatic heterocycles. The Morgan fingerprint density at radius 1 is 1.17 bits per heavy atom. The maximum Gasteiger partial charge on any atom is 0.223 e. The molecule has 0 bridgehead atoms. The minimum Gasteiger partial charge on any atom is -0.494 e. The Kier molecular flexibility index (Phi) is 3.72. The number of hydrogen-bond acceptors (Lipinski definition) is 5. The molecule has 0 spiro atoms. The second-order valence-electron chi connectivity index (χ2n) is 3.75. The summed E-state index contributed by atoms with van der Waals surface area (Å²) in [6, 6.07) is 7.64. The van der Waals surface area contributed by atoms with Gasteiger partial charge in [-0.1, -0.05) is 19.1 Å². The van der Waals surface area contributed by atoms with Crippen LogP contribution in [0, 0.1) is 0 Å². The van der Waals surface area contributed by atoms with Crippen LogP contribution < -0.4 is 10.5 Å². The fraction of sp³-hybridized carbons (Fsp3) is 0.308. The lowest BCUT2D eigenvalue weighted by molar-refractivity contribution is 0.340. The lowest BCUT2D eigenvalue weighted by Gasteiger charge is -2.06. The largest absolute Gasteiger partial charge is 0.494 e. The van der Waals surface area contributed by atoms with E-state index in [1.54, 1.807) is 0 Å². The fourth-order valence-electron chi connectivity index (χ4n) is 1.62. The first-order chi connectivity index (χ1) is 8.72. The highest BCUT2D eigenvalue weighted by molar-refractivity contribution is 5.58. The zero-order valence-electron chi connectivity index (χ0n) is 10.6. The molecule has 94 valence electrons. The molecule has 0 saturated heterocycles. The zero-order chi connectivity index (χ0) is 13.0. The van der Waals surface area contributed by atoms with Gasteiger partial charge in [0.25, 0.3) is 0 Å². The van der Waals surface area contributed by atoms with Gasteiger partial charge >= 0.3 is 0 Å². The summed E-state index contributed by atoms with van der Waals surface area (Å²) >= 11 is 0. The van der Waals surface area contributed by atoms with Crippen molar-refractivity contribution in [3.05, 3.63) is 30.1 Å². The summed E-state index contributed by atoms with van der Waals surface area (Å²) < 4.78 is 5.45.